The monoisotopic (exact) mass is 314 g/mol. The van der Waals surface area contributed by atoms with Gasteiger partial charge in [-0.25, -0.2) is 4.39 Å². The van der Waals surface area contributed by atoms with Gasteiger partial charge in [-0.1, -0.05) is 12.1 Å². The molecule has 118 valence electrons. The van der Waals surface area contributed by atoms with Crippen LogP contribution < -0.4 is 10.5 Å². The van der Waals surface area contributed by atoms with Crippen LogP contribution in [0, 0.1) is 5.82 Å². The Morgan fingerprint density at radius 2 is 2.00 bits per heavy atom. The van der Waals surface area contributed by atoms with Crippen molar-refractivity contribution in [3.63, 3.8) is 0 Å². The van der Waals surface area contributed by atoms with Crippen LogP contribution in [-0.2, 0) is 0 Å². The van der Waals surface area contributed by atoms with E-state index in [1.165, 1.54) is 30.5 Å². The fraction of sp³-hybridized carbons (Fsp3) is 0.267. The van der Waals surface area contributed by atoms with E-state index in [-0.39, 0.29) is 5.75 Å². The second-order valence-corrected chi connectivity index (χ2v) is 4.81. The zero-order valence-corrected chi connectivity index (χ0v) is 11.7. The molecule has 2 rings (SSSR count). The van der Waals surface area contributed by atoms with E-state index in [4.69, 9.17) is 5.73 Å². The van der Waals surface area contributed by atoms with Gasteiger partial charge in [0.25, 0.3) is 0 Å². The molecule has 1 atom stereocenters. The molecule has 1 heterocycles. The molecule has 0 fully saturated rings. The van der Waals surface area contributed by atoms with Gasteiger partial charge in [-0.15, -0.1) is 0 Å². The fourth-order valence-electron chi connectivity index (χ4n) is 1.95. The summed E-state index contributed by atoms with van der Waals surface area (Å²) in [5.41, 5.74) is 7.16. The van der Waals surface area contributed by atoms with E-state index in [0.717, 1.165) is 0 Å². The molecule has 0 amide bonds. The van der Waals surface area contributed by atoms with Crippen LogP contribution >= 0.6 is 0 Å². The first-order valence-electron chi connectivity index (χ1n) is 6.47. The van der Waals surface area contributed by atoms with Crippen LogP contribution in [0.4, 0.5) is 17.6 Å². The maximum absolute atomic E-state index is 13.4. The summed E-state index contributed by atoms with van der Waals surface area (Å²) >= 11 is 0. The number of alkyl halides is 3. The summed E-state index contributed by atoms with van der Waals surface area (Å²) in [5, 5.41) is 0. The Hall–Kier alpha value is -2.15. The van der Waals surface area contributed by atoms with Crippen molar-refractivity contribution in [2.75, 3.05) is 6.61 Å². The number of rotatable bonds is 4. The standard InChI is InChI=1S/C15H14F4N2O/c1-9(20)14-13(10-3-2-4-11(16)5-10)6-12(7-21-14)22-8-15(17,18)19/h2-7,9H,8,20H2,1H3/t9-/m1/s1. The molecule has 0 saturated carbocycles. The summed E-state index contributed by atoms with van der Waals surface area (Å²) in [6.07, 6.45) is -3.27. The van der Waals surface area contributed by atoms with Gasteiger partial charge in [0.1, 0.15) is 11.6 Å². The Bertz CT molecular complexity index is 656. The normalized spacial score (nSPS) is 13.0. The highest BCUT2D eigenvalue weighted by atomic mass is 19.4. The number of hydrogen-bond acceptors (Lipinski definition) is 3. The van der Waals surface area contributed by atoms with Crippen LogP contribution in [0.15, 0.2) is 36.5 Å². The van der Waals surface area contributed by atoms with Crippen molar-refractivity contribution in [2.45, 2.75) is 19.1 Å². The first-order valence-corrected chi connectivity index (χ1v) is 6.47. The molecule has 3 nitrogen and oxygen atoms in total. The summed E-state index contributed by atoms with van der Waals surface area (Å²) < 4.78 is 54.7. The number of nitrogens with zero attached hydrogens (tertiary/aromatic N) is 1. The Kier molecular flexibility index (Phi) is 4.65. The van der Waals surface area contributed by atoms with E-state index < -0.39 is 24.6 Å². The van der Waals surface area contributed by atoms with Gasteiger partial charge in [-0.2, -0.15) is 13.2 Å². The van der Waals surface area contributed by atoms with Crippen LogP contribution in [0.1, 0.15) is 18.7 Å². The summed E-state index contributed by atoms with van der Waals surface area (Å²) in [4.78, 5) is 4.05. The molecule has 0 unspecified atom stereocenters. The van der Waals surface area contributed by atoms with Crippen LogP contribution in [0.2, 0.25) is 0 Å². The molecular weight excluding hydrogens is 300 g/mol. The molecular formula is C15H14F4N2O. The van der Waals surface area contributed by atoms with Gasteiger partial charge in [-0.3, -0.25) is 4.98 Å². The second kappa shape index (κ2) is 6.31. The molecule has 0 aliphatic heterocycles. The molecule has 0 spiro atoms. The maximum atomic E-state index is 13.4. The minimum atomic E-state index is -4.45. The summed E-state index contributed by atoms with van der Waals surface area (Å²) in [5.74, 6) is -0.518. The second-order valence-electron chi connectivity index (χ2n) is 4.81. The Balaban J connectivity index is 2.40. The van der Waals surface area contributed by atoms with Crippen molar-refractivity contribution in [1.29, 1.82) is 0 Å². The minimum Gasteiger partial charge on any atom is -0.482 e. The number of pyridine rings is 1. The van der Waals surface area contributed by atoms with Crippen LogP contribution in [-0.4, -0.2) is 17.8 Å². The van der Waals surface area contributed by atoms with Gasteiger partial charge in [0, 0.05) is 11.6 Å². The van der Waals surface area contributed by atoms with Crippen molar-refractivity contribution in [3.8, 4) is 16.9 Å². The molecule has 0 saturated heterocycles. The van der Waals surface area contributed by atoms with Crippen molar-refractivity contribution in [3.05, 3.63) is 48.0 Å². The van der Waals surface area contributed by atoms with Gasteiger partial charge >= 0.3 is 6.18 Å². The van der Waals surface area contributed by atoms with E-state index in [1.807, 2.05) is 0 Å². The molecule has 1 aromatic carbocycles. The third-order valence-corrected chi connectivity index (χ3v) is 2.86. The van der Waals surface area contributed by atoms with E-state index in [2.05, 4.69) is 9.72 Å². The van der Waals surface area contributed by atoms with Crippen LogP contribution in [0.25, 0.3) is 11.1 Å². The molecule has 2 N–H and O–H groups in total. The number of nitrogens with two attached hydrogens (primary N) is 1. The summed E-state index contributed by atoms with van der Waals surface area (Å²) in [6, 6.07) is 6.57. The van der Waals surface area contributed by atoms with E-state index in [0.29, 0.717) is 16.8 Å². The number of halogens is 4. The molecule has 0 aliphatic carbocycles. The largest absolute Gasteiger partial charge is 0.482 e. The quantitative estimate of drug-likeness (QED) is 0.872. The molecule has 0 bridgehead atoms. The van der Waals surface area contributed by atoms with Crippen LogP contribution in [0.5, 0.6) is 5.75 Å². The Labute approximate surface area is 124 Å². The highest BCUT2D eigenvalue weighted by Gasteiger charge is 2.28. The molecule has 22 heavy (non-hydrogen) atoms. The van der Waals surface area contributed by atoms with Crippen molar-refractivity contribution in [1.82, 2.24) is 4.98 Å². The molecule has 1 aromatic heterocycles. The van der Waals surface area contributed by atoms with Gasteiger partial charge in [-0.05, 0) is 30.7 Å². The zero-order valence-electron chi connectivity index (χ0n) is 11.7. The van der Waals surface area contributed by atoms with Gasteiger partial charge in [0.05, 0.1) is 11.9 Å². The lowest BCUT2D eigenvalue weighted by molar-refractivity contribution is -0.153. The first-order chi connectivity index (χ1) is 10.3. The molecule has 7 heteroatoms. The number of hydrogen-bond donors (Lipinski definition) is 1. The Morgan fingerprint density at radius 1 is 1.27 bits per heavy atom. The lowest BCUT2D eigenvalue weighted by Crippen LogP contribution is -2.19. The third kappa shape index (κ3) is 4.17. The highest BCUT2D eigenvalue weighted by molar-refractivity contribution is 5.67. The maximum Gasteiger partial charge on any atom is 0.422 e. The topological polar surface area (TPSA) is 48.1 Å². The highest BCUT2D eigenvalue weighted by Crippen LogP contribution is 2.30. The van der Waals surface area contributed by atoms with E-state index in [1.54, 1.807) is 13.0 Å². The summed E-state index contributed by atoms with van der Waals surface area (Å²) in [6.45, 7) is 0.260. The zero-order chi connectivity index (χ0) is 16.3. The minimum absolute atomic E-state index is 0.0546. The fourth-order valence-corrected chi connectivity index (χ4v) is 1.95. The van der Waals surface area contributed by atoms with E-state index >= 15 is 0 Å². The van der Waals surface area contributed by atoms with Crippen molar-refractivity contribution >= 4 is 0 Å². The predicted octanol–water partition coefficient (Wildman–Crippen LogP) is 3.85. The average molecular weight is 314 g/mol. The lowest BCUT2D eigenvalue weighted by atomic mass is 10.0. The average Bonchev–Trinajstić information content (AvgIpc) is 2.44. The predicted molar refractivity (Wildman–Crippen MR) is 73.8 cm³/mol. The molecule has 2 aromatic rings. The van der Waals surface area contributed by atoms with Gasteiger partial charge in [0.2, 0.25) is 0 Å². The number of ether oxygens (including phenoxy) is 1. The lowest BCUT2D eigenvalue weighted by Gasteiger charge is -2.15. The van der Waals surface area contributed by atoms with Crippen molar-refractivity contribution in [2.24, 2.45) is 5.73 Å². The van der Waals surface area contributed by atoms with Crippen LogP contribution in [0.3, 0.4) is 0 Å². The Morgan fingerprint density at radius 3 is 2.59 bits per heavy atom. The number of benzene rings is 1. The smallest absolute Gasteiger partial charge is 0.422 e. The first kappa shape index (κ1) is 16.2. The SMILES string of the molecule is C[C@@H](N)c1ncc(OCC(F)(F)F)cc1-c1cccc(F)c1. The summed E-state index contributed by atoms with van der Waals surface area (Å²) in [7, 11) is 0. The molecule has 0 aliphatic rings. The van der Waals surface area contributed by atoms with Gasteiger partial charge in [0.15, 0.2) is 6.61 Å². The van der Waals surface area contributed by atoms with E-state index in [9.17, 15) is 17.6 Å². The molecule has 0 radical (unpaired) electrons. The van der Waals surface area contributed by atoms with Crippen molar-refractivity contribution < 1.29 is 22.3 Å². The number of aromatic nitrogens is 1. The third-order valence-electron chi connectivity index (χ3n) is 2.86. The van der Waals surface area contributed by atoms with Gasteiger partial charge < -0.3 is 10.5 Å².